The van der Waals surface area contributed by atoms with Crippen molar-refractivity contribution < 1.29 is 4.74 Å². The van der Waals surface area contributed by atoms with Gasteiger partial charge in [0.25, 0.3) is 0 Å². The number of aromatic nitrogens is 2. The normalized spacial score (nSPS) is 19.6. The quantitative estimate of drug-likeness (QED) is 0.885. The second kappa shape index (κ2) is 6.99. The summed E-state index contributed by atoms with van der Waals surface area (Å²) in [5.41, 5.74) is 1.11. The highest BCUT2D eigenvalue weighted by Crippen LogP contribution is 2.18. The Balaban J connectivity index is 2.16. The summed E-state index contributed by atoms with van der Waals surface area (Å²) in [6, 6.07) is 2.93. The van der Waals surface area contributed by atoms with Crippen molar-refractivity contribution in [2.75, 3.05) is 31.2 Å². The average molecular weight is 278 g/mol. The maximum Gasteiger partial charge on any atom is 0.132 e. The monoisotopic (exact) mass is 278 g/mol. The van der Waals surface area contributed by atoms with Crippen molar-refractivity contribution in [1.29, 1.82) is 0 Å². The van der Waals surface area contributed by atoms with E-state index in [4.69, 9.17) is 4.74 Å². The summed E-state index contributed by atoms with van der Waals surface area (Å²) in [5.74, 6) is 1.88. The highest BCUT2D eigenvalue weighted by Gasteiger charge is 2.24. The molecule has 1 aromatic rings. The SMILES string of the molecule is CCc1cc(N2CCOCC2CNC(C)C)nc(C)n1. The van der Waals surface area contributed by atoms with Crippen LogP contribution >= 0.6 is 0 Å². The number of rotatable bonds is 5. The summed E-state index contributed by atoms with van der Waals surface area (Å²) < 4.78 is 5.63. The van der Waals surface area contributed by atoms with E-state index in [1.807, 2.05) is 6.92 Å². The van der Waals surface area contributed by atoms with Gasteiger partial charge in [-0.2, -0.15) is 0 Å². The van der Waals surface area contributed by atoms with Crippen LogP contribution in [0.1, 0.15) is 32.3 Å². The standard InChI is InChI=1S/C15H26N4O/c1-5-13-8-15(18-12(4)17-13)19-6-7-20-10-14(19)9-16-11(2)3/h8,11,14,16H,5-7,9-10H2,1-4H3. The smallest absolute Gasteiger partial charge is 0.132 e. The third kappa shape index (κ3) is 3.90. The zero-order valence-electron chi connectivity index (χ0n) is 13.0. The molecule has 5 nitrogen and oxygen atoms in total. The molecule has 2 heterocycles. The van der Waals surface area contributed by atoms with E-state index in [0.29, 0.717) is 12.1 Å². The maximum atomic E-state index is 5.63. The average Bonchev–Trinajstić information content (AvgIpc) is 2.44. The van der Waals surface area contributed by atoms with Gasteiger partial charge in [0.05, 0.1) is 19.3 Å². The molecule has 1 saturated heterocycles. The van der Waals surface area contributed by atoms with Crippen LogP contribution in [0.15, 0.2) is 6.07 Å². The Labute approximate surface area is 121 Å². The Bertz CT molecular complexity index is 436. The Morgan fingerprint density at radius 3 is 2.95 bits per heavy atom. The van der Waals surface area contributed by atoms with Gasteiger partial charge in [0.15, 0.2) is 0 Å². The second-order valence-corrected chi connectivity index (χ2v) is 5.60. The van der Waals surface area contributed by atoms with Crippen molar-refractivity contribution in [2.45, 2.75) is 46.2 Å². The lowest BCUT2D eigenvalue weighted by atomic mass is 10.2. The molecule has 5 heteroatoms. The van der Waals surface area contributed by atoms with Crippen LogP contribution in [0.25, 0.3) is 0 Å². The van der Waals surface area contributed by atoms with Crippen LogP contribution in [0.5, 0.6) is 0 Å². The molecule has 20 heavy (non-hydrogen) atoms. The predicted molar refractivity (Wildman–Crippen MR) is 81.2 cm³/mol. The summed E-state index contributed by atoms with van der Waals surface area (Å²) in [7, 11) is 0. The van der Waals surface area contributed by atoms with Crippen LogP contribution in [0.3, 0.4) is 0 Å². The molecule has 112 valence electrons. The van der Waals surface area contributed by atoms with E-state index in [0.717, 1.165) is 50.1 Å². The minimum atomic E-state index is 0.338. The van der Waals surface area contributed by atoms with E-state index in [9.17, 15) is 0 Å². The largest absolute Gasteiger partial charge is 0.377 e. The van der Waals surface area contributed by atoms with Crippen LogP contribution in [0, 0.1) is 6.92 Å². The first-order valence-electron chi connectivity index (χ1n) is 7.52. The van der Waals surface area contributed by atoms with Gasteiger partial charge in [0.1, 0.15) is 11.6 Å². The van der Waals surface area contributed by atoms with Gasteiger partial charge in [-0.3, -0.25) is 0 Å². The molecule has 1 aliphatic heterocycles. The molecule has 1 fully saturated rings. The molecule has 0 saturated carbocycles. The molecule has 0 amide bonds. The minimum Gasteiger partial charge on any atom is -0.377 e. The first-order chi connectivity index (χ1) is 9.60. The van der Waals surface area contributed by atoms with Crippen molar-refractivity contribution in [3.63, 3.8) is 0 Å². The van der Waals surface area contributed by atoms with E-state index in [1.54, 1.807) is 0 Å². The van der Waals surface area contributed by atoms with E-state index < -0.39 is 0 Å². The highest BCUT2D eigenvalue weighted by atomic mass is 16.5. The fourth-order valence-electron chi connectivity index (χ4n) is 2.44. The molecule has 0 aliphatic carbocycles. The first-order valence-corrected chi connectivity index (χ1v) is 7.52. The van der Waals surface area contributed by atoms with Gasteiger partial charge in [-0.15, -0.1) is 0 Å². The van der Waals surface area contributed by atoms with E-state index >= 15 is 0 Å². The Hall–Kier alpha value is -1.20. The predicted octanol–water partition coefficient (Wildman–Crippen LogP) is 1.55. The number of aryl methyl sites for hydroxylation is 2. The van der Waals surface area contributed by atoms with Gasteiger partial charge >= 0.3 is 0 Å². The van der Waals surface area contributed by atoms with Gasteiger partial charge in [-0.05, 0) is 13.3 Å². The third-order valence-electron chi connectivity index (χ3n) is 3.52. The van der Waals surface area contributed by atoms with Gasteiger partial charge in [-0.1, -0.05) is 20.8 Å². The molecular formula is C15H26N4O. The fourth-order valence-corrected chi connectivity index (χ4v) is 2.44. The second-order valence-electron chi connectivity index (χ2n) is 5.60. The molecule has 0 bridgehead atoms. The molecule has 1 atom stereocenters. The van der Waals surface area contributed by atoms with Crippen LogP contribution in [-0.4, -0.2) is 48.4 Å². The molecule has 1 N–H and O–H groups in total. The number of ether oxygens (including phenoxy) is 1. The zero-order chi connectivity index (χ0) is 14.5. The molecule has 1 aromatic heterocycles. The number of nitrogens with zero attached hydrogens (tertiary/aromatic N) is 3. The Morgan fingerprint density at radius 1 is 1.45 bits per heavy atom. The lowest BCUT2D eigenvalue weighted by Crippen LogP contribution is -2.51. The van der Waals surface area contributed by atoms with Gasteiger partial charge in [0, 0.05) is 30.9 Å². The molecule has 0 spiro atoms. The van der Waals surface area contributed by atoms with Crippen molar-refractivity contribution >= 4 is 5.82 Å². The minimum absolute atomic E-state index is 0.338. The van der Waals surface area contributed by atoms with E-state index in [-0.39, 0.29) is 0 Å². The van der Waals surface area contributed by atoms with Crippen LogP contribution in [0.2, 0.25) is 0 Å². The zero-order valence-corrected chi connectivity index (χ0v) is 13.0. The third-order valence-corrected chi connectivity index (χ3v) is 3.52. The van der Waals surface area contributed by atoms with Crippen molar-refractivity contribution in [3.8, 4) is 0 Å². The summed E-state index contributed by atoms with van der Waals surface area (Å²) in [4.78, 5) is 11.4. The van der Waals surface area contributed by atoms with E-state index in [2.05, 4.69) is 47.0 Å². The summed E-state index contributed by atoms with van der Waals surface area (Å²) >= 11 is 0. The molecule has 1 aliphatic rings. The maximum absolute atomic E-state index is 5.63. The lowest BCUT2D eigenvalue weighted by Gasteiger charge is -2.37. The summed E-state index contributed by atoms with van der Waals surface area (Å²) in [6.45, 7) is 11.8. The van der Waals surface area contributed by atoms with Crippen LogP contribution < -0.4 is 10.2 Å². The Kier molecular flexibility index (Phi) is 5.31. The summed E-state index contributed by atoms with van der Waals surface area (Å²) in [5, 5.41) is 3.49. The number of anilines is 1. The number of nitrogens with one attached hydrogen (secondary N) is 1. The van der Waals surface area contributed by atoms with Gasteiger partial charge < -0.3 is 15.0 Å². The lowest BCUT2D eigenvalue weighted by molar-refractivity contribution is 0.0927. The summed E-state index contributed by atoms with van der Waals surface area (Å²) in [6.07, 6.45) is 0.940. The topological polar surface area (TPSA) is 50.3 Å². The van der Waals surface area contributed by atoms with Crippen molar-refractivity contribution in [1.82, 2.24) is 15.3 Å². The number of hydrogen-bond donors (Lipinski definition) is 1. The Morgan fingerprint density at radius 2 is 2.25 bits per heavy atom. The fraction of sp³-hybridized carbons (Fsp3) is 0.733. The number of hydrogen-bond acceptors (Lipinski definition) is 5. The van der Waals surface area contributed by atoms with E-state index in [1.165, 1.54) is 0 Å². The molecule has 0 aromatic carbocycles. The number of morpholine rings is 1. The van der Waals surface area contributed by atoms with Crippen molar-refractivity contribution in [2.24, 2.45) is 0 Å². The molecule has 2 rings (SSSR count). The first kappa shape index (κ1) is 15.2. The van der Waals surface area contributed by atoms with Crippen molar-refractivity contribution in [3.05, 3.63) is 17.6 Å². The van der Waals surface area contributed by atoms with Gasteiger partial charge in [0.2, 0.25) is 0 Å². The van der Waals surface area contributed by atoms with Crippen LogP contribution in [0.4, 0.5) is 5.82 Å². The van der Waals surface area contributed by atoms with Gasteiger partial charge in [-0.25, -0.2) is 9.97 Å². The van der Waals surface area contributed by atoms with Crippen LogP contribution in [-0.2, 0) is 11.2 Å². The molecule has 1 unspecified atom stereocenters. The molecular weight excluding hydrogens is 252 g/mol. The highest BCUT2D eigenvalue weighted by molar-refractivity contribution is 5.42. The molecule has 0 radical (unpaired) electrons.